The third-order valence-corrected chi connectivity index (χ3v) is 4.47. The Labute approximate surface area is 150 Å². The molecule has 0 spiro atoms. The molecule has 0 saturated carbocycles. The molecule has 24 heavy (non-hydrogen) atoms. The molecular weight excluding hydrogens is 344 g/mol. The number of anilines is 1. The van der Waals surface area contributed by atoms with E-state index in [1.54, 1.807) is 11.3 Å². The number of fused-ring (bicyclic) bond motifs is 1. The smallest absolute Gasteiger partial charge is 0.183 e. The third-order valence-electron chi connectivity index (χ3n) is 3.65. The lowest BCUT2D eigenvalue weighted by molar-refractivity contribution is 0.0888. The lowest BCUT2D eigenvalue weighted by Gasteiger charge is -2.25. The van der Waals surface area contributed by atoms with Gasteiger partial charge in [0, 0.05) is 11.9 Å². The summed E-state index contributed by atoms with van der Waals surface area (Å²) in [4.78, 5) is 4.62. The lowest BCUT2D eigenvalue weighted by atomic mass is 10.2. The summed E-state index contributed by atoms with van der Waals surface area (Å²) in [6.45, 7) is 1.25. The Morgan fingerprint density at radius 1 is 1.04 bits per heavy atom. The van der Waals surface area contributed by atoms with Crippen LogP contribution in [0.3, 0.4) is 0 Å². The number of para-hydroxylation sites is 2. The molecular formula is C18H17ClN2O2S. The summed E-state index contributed by atoms with van der Waals surface area (Å²) in [5, 5.41) is 6.27. The van der Waals surface area contributed by atoms with Crippen molar-refractivity contribution in [3.8, 4) is 11.5 Å². The average molecular weight is 361 g/mol. The molecule has 0 amide bonds. The Morgan fingerprint density at radius 3 is 2.62 bits per heavy atom. The maximum Gasteiger partial charge on any atom is 0.183 e. The molecule has 4 rings (SSSR count). The van der Waals surface area contributed by atoms with Gasteiger partial charge < -0.3 is 14.8 Å². The summed E-state index contributed by atoms with van der Waals surface area (Å²) >= 11 is 1.59. The summed E-state index contributed by atoms with van der Waals surface area (Å²) in [5.41, 5.74) is 2.13. The van der Waals surface area contributed by atoms with Crippen molar-refractivity contribution < 1.29 is 9.47 Å². The standard InChI is InChI=1S/C18H16N2O2S.ClH/c1-2-6-13(7-3-1)10-19-18-20-14(12-23-18)17-11-21-15-8-4-5-9-16(15)22-17;/h1-9,12,17H,10-11H2,(H,19,20);1H. The topological polar surface area (TPSA) is 43.4 Å². The zero-order valence-corrected chi connectivity index (χ0v) is 14.5. The molecule has 124 valence electrons. The average Bonchev–Trinajstić information content (AvgIpc) is 3.09. The minimum absolute atomic E-state index is 0. The van der Waals surface area contributed by atoms with Crippen molar-refractivity contribution >= 4 is 28.9 Å². The number of nitrogens with zero attached hydrogens (tertiary/aromatic N) is 1. The van der Waals surface area contributed by atoms with Gasteiger partial charge in [-0.15, -0.1) is 23.7 Å². The van der Waals surface area contributed by atoms with Gasteiger partial charge >= 0.3 is 0 Å². The molecule has 1 aliphatic rings. The summed E-state index contributed by atoms with van der Waals surface area (Å²) in [6, 6.07) is 18.0. The van der Waals surface area contributed by atoms with Crippen LogP contribution in [0.1, 0.15) is 17.4 Å². The van der Waals surface area contributed by atoms with E-state index < -0.39 is 0 Å². The van der Waals surface area contributed by atoms with Gasteiger partial charge in [0.2, 0.25) is 0 Å². The van der Waals surface area contributed by atoms with Crippen LogP contribution in [0.15, 0.2) is 60.0 Å². The number of nitrogens with one attached hydrogen (secondary N) is 1. The van der Waals surface area contributed by atoms with Crippen LogP contribution in [0, 0.1) is 0 Å². The molecule has 2 heterocycles. The molecule has 2 aromatic carbocycles. The van der Waals surface area contributed by atoms with Gasteiger partial charge in [0.05, 0.1) is 5.69 Å². The molecule has 3 aromatic rings. The maximum atomic E-state index is 5.99. The van der Waals surface area contributed by atoms with Gasteiger partial charge in [-0.3, -0.25) is 0 Å². The first-order valence-electron chi connectivity index (χ1n) is 7.50. The van der Waals surface area contributed by atoms with Crippen molar-refractivity contribution in [3.63, 3.8) is 0 Å². The lowest BCUT2D eigenvalue weighted by Crippen LogP contribution is -2.21. The van der Waals surface area contributed by atoms with Gasteiger partial charge in [-0.25, -0.2) is 4.98 Å². The predicted molar refractivity (Wildman–Crippen MR) is 98.4 cm³/mol. The Bertz CT molecular complexity index is 794. The first-order chi connectivity index (χ1) is 11.4. The van der Waals surface area contributed by atoms with Crippen molar-refractivity contribution in [2.45, 2.75) is 12.6 Å². The fraction of sp³-hybridized carbons (Fsp3) is 0.167. The van der Waals surface area contributed by atoms with Crippen molar-refractivity contribution in [1.82, 2.24) is 4.98 Å². The Kier molecular flexibility index (Phi) is 5.23. The van der Waals surface area contributed by atoms with E-state index in [-0.39, 0.29) is 18.5 Å². The monoisotopic (exact) mass is 360 g/mol. The molecule has 6 heteroatoms. The Hall–Kier alpha value is -2.24. The highest BCUT2D eigenvalue weighted by molar-refractivity contribution is 7.13. The van der Waals surface area contributed by atoms with Crippen molar-refractivity contribution in [2.75, 3.05) is 11.9 Å². The Balaban J connectivity index is 0.00000169. The molecule has 0 aliphatic carbocycles. The van der Waals surface area contributed by atoms with E-state index in [2.05, 4.69) is 22.4 Å². The van der Waals surface area contributed by atoms with Crippen LogP contribution in [0.4, 0.5) is 5.13 Å². The van der Waals surface area contributed by atoms with Gasteiger partial charge in [0.1, 0.15) is 6.61 Å². The fourth-order valence-electron chi connectivity index (χ4n) is 2.45. The third kappa shape index (κ3) is 3.63. The quantitative estimate of drug-likeness (QED) is 0.733. The molecule has 1 atom stereocenters. The second kappa shape index (κ2) is 7.55. The normalized spacial score (nSPS) is 15.4. The molecule has 0 saturated heterocycles. The molecule has 1 unspecified atom stereocenters. The van der Waals surface area contributed by atoms with E-state index in [9.17, 15) is 0 Å². The molecule has 0 bridgehead atoms. The number of ether oxygens (including phenoxy) is 2. The van der Waals surface area contributed by atoms with E-state index in [4.69, 9.17) is 9.47 Å². The minimum Gasteiger partial charge on any atom is -0.485 e. The summed E-state index contributed by atoms with van der Waals surface area (Å²) in [5.74, 6) is 1.57. The molecule has 0 fully saturated rings. The number of aromatic nitrogens is 1. The number of hydrogen-bond acceptors (Lipinski definition) is 5. The van der Waals surface area contributed by atoms with Crippen molar-refractivity contribution in [2.24, 2.45) is 0 Å². The van der Waals surface area contributed by atoms with E-state index in [1.165, 1.54) is 5.56 Å². The van der Waals surface area contributed by atoms with E-state index in [0.29, 0.717) is 6.61 Å². The largest absolute Gasteiger partial charge is 0.485 e. The number of thiazole rings is 1. The van der Waals surface area contributed by atoms with E-state index >= 15 is 0 Å². The number of hydrogen-bond donors (Lipinski definition) is 1. The second-order valence-corrected chi connectivity index (χ2v) is 6.14. The van der Waals surface area contributed by atoms with Crippen molar-refractivity contribution in [3.05, 3.63) is 71.2 Å². The van der Waals surface area contributed by atoms with Crippen molar-refractivity contribution in [1.29, 1.82) is 0 Å². The molecule has 0 radical (unpaired) electrons. The van der Waals surface area contributed by atoms with Gasteiger partial charge in [0.25, 0.3) is 0 Å². The number of halogens is 1. The molecule has 1 aromatic heterocycles. The molecule has 1 N–H and O–H groups in total. The van der Waals surface area contributed by atoms with Gasteiger partial charge in [0.15, 0.2) is 22.7 Å². The fourth-order valence-corrected chi connectivity index (χ4v) is 3.20. The van der Waals surface area contributed by atoms with Gasteiger partial charge in [-0.2, -0.15) is 0 Å². The first-order valence-corrected chi connectivity index (χ1v) is 8.38. The van der Waals surface area contributed by atoms with Crippen LogP contribution < -0.4 is 14.8 Å². The highest BCUT2D eigenvalue weighted by Crippen LogP contribution is 2.36. The summed E-state index contributed by atoms with van der Waals surface area (Å²) in [6.07, 6.45) is -0.159. The zero-order valence-electron chi connectivity index (χ0n) is 12.8. The zero-order chi connectivity index (χ0) is 15.5. The molecule has 4 nitrogen and oxygen atoms in total. The second-order valence-electron chi connectivity index (χ2n) is 5.28. The van der Waals surface area contributed by atoms with E-state index in [0.717, 1.165) is 28.9 Å². The Morgan fingerprint density at radius 2 is 1.79 bits per heavy atom. The number of rotatable bonds is 4. The minimum atomic E-state index is -0.159. The van der Waals surface area contributed by atoms with Crippen LogP contribution in [0.25, 0.3) is 0 Å². The van der Waals surface area contributed by atoms with Crippen LogP contribution in [-0.2, 0) is 6.54 Å². The van der Waals surface area contributed by atoms with Crippen LogP contribution in [0.5, 0.6) is 11.5 Å². The van der Waals surface area contributed by atoms with E-state index in [1.807, 2.05) is 47.8 Å². The SMILES string of the molecule is Cl.c1ccc(CNc2nc(C3COc4ccccc4O3)cs2)cc1. The van der Waals surface area contributed by atoms with Crippen LogP contribution in [0.2, 0.25) is 0 Å². The summed E-state index contributed by atoms with van der Waals surface area (Å²) < 4.78 is 11.7. The summed E-state index contributed by atoms with van der Waals surface area (Å²) in [7, 11) is 0. The first kappa shape index (κ1) is 16.6. The number of benzene rings is 2. The van der Waals surface area contributed by atoms with Gasteiger partial charge in [-0.05, 0) is 17.7 Å². The molecule has 1 aliphatic heterocycles. The highest BCUT2D eigenvalue weighted by Gasteiger charge is 2.24. The predicted octanol–water partition coefficient (Wildman–Crippen LogP) is 4.69. The van der Waals surface area contributed by atoms with Crippen LogP contribution in [-0.4, -0.2) is 11.6 Å². The highest BCUT2D eigenvalue weighted by atomic mass is 35.5. The van der Waals surface area contributed by atoms with Crippen LogP contribution >= 0.6 is 23.7 Å². The maximum absolute atomic E-state index is 5.99. The van der Waals surface area contributed by atoms with Gasteiger partial charge in [-0.1, -0.05) is 42.5 Å².